The number of amides is 2. The van der Waals surface area contributed by atoms with Crippen molar-refractivity contribution in [2.45, 2.75) is 18.9 Å². The van der Waals surface area contributed by atoms with Crippen LogP contribution in [0.2, 0.25) is 0 Å². The lowest BCUT2D eigenvalue weighted by Gasteiger charge is -2.13. The van der Waals surface area contributed by atoms with Gasteiger partial charge in [0.15, 0.2) is 11.5 Å². The van der Waals surface area contributed by atoms with Crippen LogP contribution in [-0.2, 0) is 9.59 Å². The second-order valence-corrected chi connectivity index (χ2v) is 4.22. The first-order valence-corrected chi connectivity index (χ1v) is 5.96. The minimum atomic E-state index is -0.458. The fraction of sp³-hybridized carbons (Fsp3) is 0.385. The van der Waals surface area contributed by atoms with E-state index in [1.807, 2.05) is 0 Å². The number of rotatable bonds is 4. The van der Waals surface area contributed by atoms with Crippen molar-refractivity contribution in [3.63, 3.8) is 0 Å². The Bertz CT molecular complexity index is 501. The molecule has 0 bridgehead atoms. The average molecular weight is 264 g/mol. The zero-order chi connectivity index (χ0) is 13.8. The largest absolute Gasteiger partial charge is 0.493 e. The van der Waals surface area contributed by atoms with Gasteiger partial charge in [-0.25, -0.2) is 0 Å². The molecule has 2 N–H and O–H groups in total. The Morgan fingerprint density at radius 1 is 1.32 bits per heavy atom. The van der Waals surface area contributed by atoms with E-state index in [2.05, 4.69) is 10.6 Å². The third-order valence-electron chi connectivity index (χ3n) is 2.96. The van der Waals surface area contributed by atoms with Crippen molar-refractivity contribution < 1.29 is 19.1 Å². The van der Waals surface area contributed by atoms with Crippen molar-refractivity contribution in [1.82, 2.24) is 5.32 Å². The quantitative estimate of drug-likeness (QED) is 0.848. The van der Waals surface area contributed by atoms with E-state index >= 15 is 0 Å². The third kappa shape index (κ3) is 2.96. The first-order valence-electron chi connectivity index (χ1n) is 5.96. The molecule has 1 aliphatic heterocycles. The van der Waals surface area contributed by atoms with Gasteiger partial charge in [0.25, 0.3) is 0 Å². The summed E-state index contributed by atoms with van der Waals surface area (Å²) in [6.07, 6.45) is 0.919. The molecule has 1 aromatic carbocycles. The normalized spacial score (nSPS) is 17.8. The van der Waals surface area contributed by atoms with Gasteiger partial charge < -0.3 is 20.1 Å². The van der Waals surface area contributed by atoms with Gasteiger partial charge in [-0.2, -0.15) is 0 Å². The molecule has 102 valence electrons. The van der Waals surface area contributed by atoms with Gasteiger partial charge in [-0.1, -0.05) is 0 Å². The van der Waals surface area contributed by atoms with Crippen LogP contribution in [0.15, 0.2) is 18.2 Å². The van der Waals surface area contributed by atoms with Crippen molar-refractivity contribution in [2.75, 3.05) is 19.5 Å². The van der Waals surface area contributed by atoms with Crippen LogP contribution in [0.5, 0.6) is 11.5 Å². The van der Waals surface area contributed by atoms with E-state index in [1.54, 1.807) is 25.3 Å². The molecule has 1 atom stereocenters. The highest BCUT2D eigenvalue weighted by Crippen LogP contribution is 2.29. The number of anilines is 1. The van der Waals surface area contributed by atoms with Gasteiger partial charge >= 0.3 is 0 Å². The molecule has 2 amide bonds. The Hall–Kier alpha value is -2.24. The highest BCUT2D eigenvalue weighted by atomic mass is 16.5. The van der Waals surface area contributed by atoms with E-state index in [1.165, 1.54) is 7.11 Å². The van der Waals surface area contributed by atoms with Crippen molar-refractivity contribution in [2.24, 2.45) is 0 Å². The van der Waals surface area contributed by atoms with Crippen LogP contribution in [0.3, 0.4) is 0 Å². The predicted octanol–water partition coefficient (Wildman–Crippen LogP) is 0.921. The van der Waals surface area contributed by atoms with Crippen molar-refractivity contribution in [3.05, 3.63) is 18.2 Å². The molecule has 0 radical (unpaired) electrons. The van der Waals surface area contributed by atoms with E-state index < -0.39 is 6.04 Å². The summed E-state index contributed by atoms with van der Waals surface area (Å²) in [5.74, 6) is 0.816. The molecule has 1 saturated heterocycles. The molecule has 2 rings (SSSR count). The molecule has 0 aromatic heterocycles. The lowest BCUT2D eigenvalue weighted by atomic mass is 10.2. The van der Waals surface area contributed by atoms with Crippen LogP contribution >= 0.6 is 0 Å². The molecule has 0 aliphatic carbocycles. The zero-order valence-corrected chi connectivity index (χ0v) is 10.9. The number of ether oxygens (including phenoxy) is 2. The topological polar surface area (TPSA) is 76.7 Å². The second-order valence-electron chi connectivity index (χ2n) is 4.22. The van der Waals surface area contributed by atoms with Gasteiger partial charge in [0.1, 0.15) is 6.04 Å². The van der Waals surface area contributed by atoms with Crippen molar-refractivity contribution in [3.8, 4) is 11.5 Å². The minimum Gasteiger partial charge on any atom is -0.493 e. The fourth-order valence-corrected chi connectivity index (χ4v) is 1.95. The SMILES string of the molecule is COc1ccc(NC(=O)C2CCC(=O)N2)cc1OC. The molecule has 1 aromatic rings. The summed E-state index contributed by atoms with van der Waals surface area (Å²) >= 11 is 0. The molecule has 0 saturated carbocycles. The number of hydrogen-bond donors (Lipinski definition) is 2. The number of carbonyl (C=O) groups excluding carboxylic acids is 2. The van der Waals surface area contributed by atoms with Gasteiger partial charge in [0.2, 0.25) is 11.8 Å². The molecule has 19 heavy (non-hydrogen) atoms. The van der Waals surface area contributed by atoms with E-state index in [-0.39, 0.29) is 11.8 Å². The number of nitrogens with one attached hydrogen (secondary N) is 2. The molecular weight excluding hydrogens is 248 g/mol. The van der Waals surface area contributed by atoms with Gasteiger partial charge in [-0.3, -0.25) is 9.59 Å². The van der Waals surface area contributed by atoms with Crippen LogP contribution < -0.4 is 20.1 Å². The summed E-state index contributed by atoms with van der Waals surface area (Å²) in [6.45, 7) is 0. The lowest BCUT2D eigenvalue weighted by molar-refractivity contribution is -0.122. The van der Waals surface area contributed by atoms with Crippen molar-refractivity contribution >= 4 is 17.5 Å². The summed E-state index contributed by atoms with van der Waals surface area (Å²) in [6, 6.07) is 4.64. The number of hydrogen-bond acceptors (Lipinski definition) is 4. The number of methoxy groups -OCH3 is 2. The van der Waals surface area contributed by atoms with Gasteiger partial charge in [0.05, 0.1) is 14.2 Å². The van der Waals surface area contributed by atoms with E-state index in [0.717, 1.165) is 0 Å². The molecular formula is C13H16N2O4. The Labute approximate surface area is 111 Å². The van der Waals surface area contributed by atoms with Gasteiger partial charge in [-0.15, -0.1) is 0 Å². The number of carbonyl (C=O) groups is 2. The molecule has 6 nitrogen and oxygen atoms in total. The standard InChI is InChI=1S/C13H16N2O4/c1-18-10-5-3-8(7-11(10)19-2)14-13(17)9-4-6-12(16)15-9/h3,5,7,9H,4,6H2,1-2H3,(H,14,17)(H,15,16). The summed E-state index contributed by atoms with van der Waals surface area (Å²) in [4.78, 5) is 23.0. The summed E-state index contributed by atoms with van der Waals surface area (Å²) in [7, 11) is 3.07. The second kappa shape index (κ2) is 5.60. The first kappa shape index (κ1) is 13.2. The highest BCUT2D eigenvalue weighted by molar-refractivity contribution is 5.99. The molecule has 1 unspecified atom stereocenters. The van der Waals surface area contributed by atoms with Crippen LogP contribution in [-0.4, -0.2) is 32.1 Å². The average Bonchev–Trinajstić information content (AvgIpc) is 2.85. The van der Waals surface area contributed by atoms with Crippen LogP contribution in [0.4, 0.5) is 5.69 Å². The first-order chi connectivity index (χ1) is 9.13. The van der Waals surface area contributed by atoms with Crippen LogP contribution in [0.1, 0.15) is 12.8 Å². The van der Waals surface area contributed by atoms with E-state index in [4.69, 9.17) is 9.47 Å². The molecule has 1 heterocycles. The van der Waals surface area contributed by atoms with E-state index in [0.29, 0.717) is 30.0 Å². The molecule has 1 fully saturated rings. The Balaban J connectivity index is 2.06. The maximum atomic E-state index is 11.9. The predicted molar refractivity (Wildman–Crippen MR) is 69.3 cm³/mol. The molecule has 6 heteroatoms. The van der Waals surface area contributed by atoms with E-state index in [9.17, 15) is 9.59 Å². The molecule has 1 aliphatic rings. The van der Waals surface area contributed by atoms with Crippen LogP contribution in [0, 0.1) is 0 Å². The zero-order valence-electron chi connectivity index (χ0n) is 10.9. The van der Waals surface area contributed by atoms with Crippen molar-refractivity contribution in [1.29, 1.82) is 0 Å². The summed E-state index contributed by atoms with van der Waals surface area (Å²) < 4.78 is 10.3. The van der Waals surface area contributed by atoms with Crippen LogP contribution in [0.25, 0.3) is 0 Å². The summed E-state index contributed by atoms with van der Waals surface area (Å²) in [5, 5.41) is 5.36. The smallest absolute Gasteiger partial charge is 0.246 e. The Morgan fingerprint density at radius 3 is 2.63 bits per heavy atom. The number of benzene rings is 1. The molecule has 0 spiro atoms. The summed E-state index contributed by atoms with van der Waals surface area (Å²) in [5.41, 5.74) is 0.601. The minimum absolute atomic E-state index is 0.0903. The lowest BCUT2D eigenvalue weighted by Crippen LogP contribution is -2.37. The Morgan fingerprint density at radius 2 is 2.05 bits per heavy atom. The third-order valence-corrected chi connectivity index (χ3v) is 2.96. The fourth-order valence-electron chi connectivity index (χ4n) is 1.95. The maximum absolute atomic E-state index is 11.9. The van der Waals surface area contributed by atoms with Gasteiger partial charge in [0, 0.05) is 18.2 Å². The highest BCUT2D eigenvalue weighted by Gasteiger charge is 2.27. The Kier molecular flexibility index (Phi) is 3.89. The monoisotopic (exact) mass is 264 g/mol. The van der Waals surface area contributed by atoms with Gasteiger partial charge in [-0.05, 0) is 18.6 Å². The maximum Gasteiger partial charge on any atom is 0.246 e.